The van der Waals surface area contributed by atoms with E-state index in [-0.39, 0.29) is 35.4 Å². The van der Waals surface area contributed by atoms with Crippen molar-refractivity contribution in [3.8, 4) is 23.3 Å². The third-order valence-corrected chi connectivity index (χ3v) is 5.94. The van der Waals surface area contributed by atoms with Crippen LogP contribution in [0.1, 0.15) is 36.2 Å². The van der Waals surface area contributed by atoms with Crippen LogP contribution >= 0.6 is 0 Å². The van der Waals surface area contributed by atoms with Gasteiger partial charge in [-0.1, -0.05) is 0 Å². The fourth-order valence-electron chi connectivity index (χ4n) is 3.59. The first-order valence-electron chi connectivity index (χ1n) is 9.98. The van der Waals surface area contributed by atoms with Gasteiger partial charge in [0.25, 0.3) is 5.91 Å². The number of anilines is 1. The molecule has 178 valence electrons. The van der Waals surface area contributed by atoms with E-state index in [0.29, 0.717) is 21.2 Å². The largest absolute Gasteiger partial charge is 0.486 e. The Hall–Kier alpha value is -3.34. The first-order chi connectivity index (χ1) is 15.4. The second-order valence-electron chi connectivity index (χ2n) is 8.17. The van der Waals surface area contributed by atoms with Gasteiger partial charge >= 0.3 is 0 Å². The van der Waals surface area contributed by atoms with Crippen molar-refractivity contribution in [3.05, 3.63) is 35.4 Å². The minimum atomic E-state index is -4.05. The van der Waals surface area contributed by atoms with Crippen molar-refractivity contribution in [3.63, 3.8) is 0 Å². The zero-order valence-corrected chi connectivity index (χ0v) is 20.1. The van der Waals surface area contributed by atoms with Gasteiger partial charge in [0.1, 0.15) is 22.8 Å². The SMILES string of the molecule is COc1ccc(N(C(=O)COc2cc(C)c3c(c2)OC(C)(C)CC3=O)S(C)(=O)=O)c(OC)n1. The first-order valence-corrected chi connectivity index (χ1v) is 11.8. The summed E-state index contributed by atoms with van der Waals surface area (Å²) >= 11 is 0. The molecular weight excluding hydrogens is 452 g/mol. The Morgan fingerprint density at radius 3 is 2.52 bits per heavy atom. The summed E-state index contributed by atoms with van der Waals surface area (Å²) < 4.78 is 47.1. The van der Waals surface area contributed by atoms with Crippen LogP contribution in [0.4, 0.5) is 5.69 Å². The zero-order valence-electron chi connectivity index (χ0n) is 19.3. The third kappa shape index (κ3) is 5.19. The van der Waals surface area contributed by atoms with Crippen molar-refractivity contribution in [2.45, 2.75) is 32.8 Å². The summed E-state index contributed by atoms with van der Waals surface area (Å²) in [6.45, 7) is 4.75. The van der Waals surface area contributed by atoms with E-state index in [0.717, 1.165) is 6.26 Å². The second kappa shape index (κ2) is 8.89. The second-order valence-corrected chi connectivity index (χ2v) is 10.00. The average molecular weight is 479 g/mol. The maximum absolute atomic E-state index is 12.9. The molecule has 33 heavy (non-hydrogen) atoms. The molecule has 0 aliphatic carbocycles. The quantitative estimate of drug-likeness (QED) is 0.591. The summed E-state index contributed by atoms with van der Waals surface area (Å²) in [6, 6.07) is 5.89. The van der Waals surface area contributed by atoms with Crippen LogP contribution in [0.2, 0.25) is 0 Å². The normalized spacial score (nSPS) is 14.7. The molecule has 1 aromatic heterocycles. The van der Waals surface area contributed by atoms with Gasteiger partial charge < -0.3 is 18.9 Å². The molecule has 0 unspecified atom stereocenters. The molecular formula is C22H26N2O8S. The minimum Gasteiger partial charge on any atom is -0.486 e. The highest BCUT2D eigenvalue weighted by atomic mass is 32.2. The number of carbonyl (C=O) groups is 2. The zero-order chi connectivity index (χ0) is 24.6. The monoisotopic (exact) mass is 478 g/mol. The number of aryl methyl sites for hydroxylation is 1. The molecule has 2 heterocycles. The summed E-state index contributed by atoms with van der Waals surface area (Å²) in [5, 5.41) is 0. The molecule has 0 N–H and O–H groups in total. The fourth-order valence-corrected chi connectivity index (χ4v) is 4.51. The minimum absolute atomic E-state index is 0.0382. The number of aromatic nitrogens is 1. The Kier molecular flexibility index (Phi) is 6.55. The summed E-state index contributed by atoms with van der Waals surface area (Å²) in [5.74, 6) is -0.195. The lowest BCUT2D eigenvalue weighted by Crippen LogP contribution is -2.39. The fraction of sp³-hybridized carbons (Fsp3) is 0.409. The van der Waals surface area contributed by atoms with Gasteiger partial charge in [-0.3, -0.25) is 9.59 Å². The molecule has 0 saturated carbocycles. The molecule has 1 aliphatic rings. The van der Waals surface area contributed by atoms with E-state index in [1.807, 2.05) is 0 Å². The summed E-state index contributed by atoms with van der Waals surface area (Å²) in [6.07, 6.45) is 1.14. The van der Waals surface area contributed by atoms with E-state index >= 15 is 0 Å². The highest BCUT2D eigenvalue weighted by Gasteiger charge is 2.34. The number of Topliss-reactive ketones (excluding diaryl/α,β-unsaturated/α-hetero) is 1. The Morgan fingerprint density at radius 2 is 1.91 bits per heavy atom. The number of benzene rings is 1. The predicted molar refractivity (Wildman–Crippen MR) is 120 cm³/mol. The number of amides is 1. The van der Waals surface area contributed by atoms with Crippen molar-refractivity contribution in [1.29, 1.82) is 0 Å². The number of rotatable bonds is 7. The standard InChI is InChI=1S/C22H26N2O8S/c1-13-9-14(10-17-20(13)16(25)11-22(2,3)32-17)31-12-19(26)24(33(6,27)28)15-7-8-18(29-4)23-21(15)30-5/h7-10H,11-12H2,1-6H3. The lowest BCUT2D eigenvalue weighted by Gasteiger charge is -2.32. The Labute approximate surface area is 192 Å². The van der Waals surface area contributed by atoms with Crippen molar-refractivity contribution >= 4 is 27.4 Å². The molecule has 11 heteroatoms. The predicted octanol–water partition coefficient (Wildman–Crippen LogP) is 2.52. The lowest BCUT2D eigenvalue weighted by molar-refractivity contribution is -0.119. The van der Waals surface area contributed by atoms with Crippen LogP contribution in [0, 0.1) is 6.92 Å². The van der Waals surface area contributed by atoms with Gasteiger partial charge in [0.05, 0.1) is 32.5 Å². The molecule has 2 aromatic rings. The molecule has 0 radical (unpaired) electrons. The van der Waals surface area contributed by atoms with E-state index in [9.17, 15) is 18.0 Å². The van der Waals surface area contributed by atoms with E-state index in [1.54, 1.807) is 26.8 Å². The van der Waals surface area contributed by atoms with Crippen LogP contribution < -0.4 is 23.3 Å². The average Bonchev–Trinajstić information content (AvgIpc) is 2.70. The van der Waals surface area contributed by atoms with Gasteiger partial charge in [-0.25, -0.2) is 8.42 Å². The highest BCUT2D eigenvalue weighted by molar-refractivity contribution is 7.92. The third-order valence-electron chi connectivity index (χ3n) is 4.88. The molecule has 1 aromatic carbocycles. The van der Waals surface area contributed by atoms with Gasteiger partial charge in [-0.2, -0.15) is 9.29 Å². The lowest BCUT2D eigenvalue weighted by atomic mass is 9.90. The number of ketones is 1. The van der Waals surface area contributed by atoms with Gasteiger partial charge in [0.2, 0.25) is 21.8 Å². The molecule has 0 bridgehead atoms. The highest BCUT2D eigenvalue weighted by Crippen LogP contribution is 2.38. The molecule has 1 amide bonds. The Morgan fingerprint density at radius 1 is 1.21 bits per heavy atom. The number of carbonyl (C=O) groups excluding carboxylic acids is 2. The molecule has 0 atom stereocenters. The van der Waals surface area contributed by atoms with Crippen molar-refractivity contribution in [1.82, 2.24) is 4.98 Å². The van der Waals surface area contributed by atoms with Crippen LogP contribution in [0.15, 0.2) is 24.3 Å². The number of sulfonamides is 1. The van der Waals surface area contributed by atoms with Gasteiger partial charge in [-0.05, 0) is 38.5 Å². The van der Waals surface area contributed by atoms with Gasteiger partial charge in [0.15, 0.2) is 12.4 Å². The van der Waals surface area contributed by atoms with E-state index in [1.165, 1.54) is 32.4 Å². The van der Waals surface area contributed by atoms with Crippen LogP contribution in [-0.2, 0) is 14.8 Å². The molecule has 3 rings (SSSR count). The van der Waals surface area contributed by atoms with Crippen LogP contribution in [0.25, 0.3) is 0 Å². The van der Waals surface area contributed by atoms with Crippen molar-refractivity contribution in [2.24, 2.45) is 0 Å². The number of fused-ring (bicyclic) bond motifs is 1. The van der Waals surface area contributed by atoms with Crippen molar-refractivity contribution < 1.29 is 37.0 Å². The van der Waals surface area contributed by atoms with Crippen molar-refractivity contribution in [2.75, 3.05) is 31.4 Å². The van der Waals surface area contributed by atoms with E-state index in [4.69, 9.17) is 18.9 Å². The summed E-state index contributed by atoms with van der Waals surface area (Å²) in [7, 11) is -1.35. The Balaban J connectivity index is 1.88. The smallest absolute Gasteiger partial charge is 0.278 e. The van der Waals surface area contributed by atoms with Crippen LogP contribution in [0.3, 0.4) is 0 Å². The first kappa shape index (κ1) is 24.3. The maximum atomic E-state index is 12.9. The molecule has 10 nitrogen and oxygen atoms in total. The van der Waals surface area contributed by atoms with Gasteiger partial charge in [-0.15, -0.1) is 0 Å². The number of pyridine rings is 1. The number of hydrogen-bond acceptors (Lipinski definition) is 9. The van der Waals surface area contributed by atoms with Gasteiger partial charge in [0, 0.05) is 12.1 Å². The molecule has 0 saturated heterocycles. The van der Waals surface area contributed by atoms with E-state index in [2.05, 4.69) is 4.98 Å². The number of nitrogens with zero attached hydrogens (tertiary/aromatic N) is 2. The Bertz CT molecular complexity index is 1210. The van der Waals surface area contributed by atoms with E-state index < -0.39 is 28.1 Å². The summed E-state index contributed by atoms with van der Waals surface area (Å²) in [5.41, 5.74) is 0.360. The summed E-state index contributed by atoms with van der Waals surface area (Å²) in [4.78, 5) is 29.5. The van der Waals surface area contributed by atoms with Crippen LogP contribution in [0.5, 0.6) is 23.3 Å². The molecule has 1 aliphatic heterocycles. The van der Waals surface area contributed by atoms with Crippen LogP contribution in [-0.4, -0.2) is 57.8 Å². The molecule has 0 fully saturated rings. The number of hydrogen-bond donors (Lipinski definition) is 0. The molecule has 0 spiro atoms. The topological polar surface area (TPSA) is 121 Å². The number of methoxy groups -OCH3 is 2. The number of ether oxygens (including phenoxy) is 4. The maximum Gasteiger partial charge on any atom is 0.278 e.